The predicted molar refractivity (Wildman–Crippen MR) is 127 cm³/mol. The van der Waals surface area contributed by atoms with Crippen molar-refractivity contribution in [2.45, 2.75) is 24.8 Å². The van der Waals surface area contributed by atoms with Crippen LogP contribution in [0.2, 0.25) is 0 Å². The Balaban J connectivity index is 1.92. The first kappa shape index (κ1) is 25.3. The van der Waals surface area contributed by atoms with Crippen molar-refractivity contribution >= 4 is 21.6 Å². The van der Waals surface area contributed by atoms with Gasteiger partial charge < -0.3 is 15.4 Å². The standard InChI is InChI=1S/C24H25F2N3O4S/c1-15-5-3-4-6-19(15)20-9-7-16(11-17(20)13-28-14-23(25)26)24(30)29-18-8-10-22(34(27,31)32)21(12-18)33-2/h3-12,23,28H,13-14H2,1-2H3,(H,29,30)(H2,27,31,32). The minimum absolute atomic E-state index is 0.00733. The fourth-order valence-electron chi connectivity index (χ4n) is 3.52. The molecule has 0 fully saturated rings. The Morgan fingerprint density at radius 2 is 1.79 bits per heavy atom. The zero-order valence-corrected chi connectivity index (χ0v) is 19.5. The van der Waals surface area contributed by atoms with E-state index in [9.17, 15) is 22.0 Å². The number of nitrogens with one attached hydrogen (secondary N) is 2. The number of rotatable bonds is 9. The molecule has 0 saturated carbocycles. The van der Waals surface area contributed by atoms with Crippen LogP contribution in [0.15, 0.2) is 65.6 Å². The maximum absolute atomic E-state index is 12.9. The number of primary sulfonamides is 1. The SMILES string of the molecule is COc1cc(NC(=O)c2ccc(-c3ccccc3C)c(CNCC(F)F)c2)ccc1S(N)(=O)=O. The van der Waals surface area contributed by atoms with Gasteiger partial charge in [-0.3, -0.25) is 4.79 Å². The van der Waals surface area contributed by atoms with Crippen molar-refractivity contribution in [1.82, 2.24) is 5.32 Å². The Bertz CT molecular complexity index is 1300. The third kappa shape index (κ3) is 6.16. The van der Waals surface area contributed by atoms with Gasteiger partial charge in [0.15, 0.2) is 0 Å². The fraction of sp³-hybridized carbons (Fsp3) is 0.208. The average Bonchev–Trinajstić information content (AvgIpc) is 2.78. The highest BCUT2D eigenvalue weighted by atomic mass is 32.2. The molecule has 0 bridgehead atoms. The van der Waals surface area contributed by atoms with Gasteiger partial charge in [-0.15, -0.1) is 0 Å². The van der Waals surface area contributed by atoms with Crippen LogP contribution in [-0.2, 0) is 16.6 Å². The van der Waals surface area contributed by atoms with E-state index in [1.165, 1.54) is 25.3 Å². The van der Waals surface area contributed by atoms with E-state index in [2.05, 4.69) is 10.6 Å². The van der Waals surface area contributed by atoms with Crippen LogP contribution in [0.3, 0.4) is 0 Å². The van der Waals surface area contributed by atoms with E-state index in [-0.39, 0.29) is 17.2 Å². The molecule has 0 heterocycles. The van der Waals surface area contributed by atoms with Crippen molar-refractivity contribution < 1.29 is 26.7 Å². The smallest absolute Gasteiger partial charge is 0.255 e. The molecular formula is C24H25F2N3O4S. The molecule has 0 aliphatic rings. The summed E-state index contributed by atoms with van der Waals surface area (Å²) in [5.74, 6) is -0.469. The molecule has 34 heavy (non-hydrogen) atoms. The van der Waals surface area contributed by atoms with Crippen LogP contribution in [0, 0.1) is 6.92 Å². The molecule has 4 N–H and O–H groups in total. The van der Waals surface area contributed by atoms with Gasteiger partial charge in [0.2, 0.25) is 10.0 Å². The molecule has 0 aliphatic carbocycles. The summed E-state index contributed by atoms with van der Waals surface area (Å²) in [6, 6.07) is 16.7. The topological polar surface area (TPSA) is 111 Å². The molecule has 3 rings (SSSR count). The van der Waals surface area contributed by atoms with E-state index < -0.39 is 28.9 Å². The number of methoxy groups -OCH3 is 1. The summed E-state index contributed by atoms with van der Waals surface area (Å²) < 4.78 is 53.7. The molecule has 3 aromatic rings. The van der Waals surface area contributed by atoms with Crippen LogP contribution in [0.1, 0.15) is 21.5 Å². The number of carbonyl (C=O) groups excluding carboxylic acids is 1. The molecular weight excluding hydrogens is 464 g/mol. The zero-order valence-electron chi connectivity index (χ0n) is 18.6. The third-order valence-electron chi connectivity index (χ3n) is 5.14. The third-order valence-corrected chi connectivity index (χ3v) is 6.10. The summed E-state index contributed by atoms with van der Waals surface area (Å²) in [7, 11) is -2.71. The number of nitrogens with two attached hydrogens (primary N) is 1. The van der Waals surface area contributed by atoms with Crippen molar-refractivity contribution in [3.8, 4) is 16.9 Å². The van der Waals surface area contributed by atoms with Crippen molar-refractivity contribution in [3.05, 3.63) is 77.4 Å². The Hall–Kier alpha value is -3.34. The van der Waals surface area contributed by atoms with Gasteiger partial charge in [0.1, 0.15) is 10.6 Å². The molecule has 0 aromatic heterocycles. The van der Waals surface area contributed by atoms with Crippen molar-refractivity contribution in [1.29, 1.82) is 0 Å². The molecule has 0 atom stereocenters. The Labute approximate surface area is 197 Å². The summed E-state index contributed by atoms with van der Waals surface area (Å²) in [6.45, 7) is 1.62. The van der Waals surface area contributed by atoms with Crippen molar-refractivity contribution in [2.24, 2.45) is 5.14 Å². The molecule has 0 aliphatic heterocycles. The number of sulfonamides is 1. The minimum atomic E-state index is -4.00. The predicted octanol–water partition coefficient (Wildman–Crippen LogP) is 3.93. The van der Waals surface area contributed by atoms with Crippen LogP contribution in [0.5, 0.6) is 5.75 Å². The highest BCUT2D eigenvalue weighted by Crippen LogP contribution is 2.29. The van der Waals surface area contributed by atoms with Crippen LogP contribution in [0.4, 0.5) is 14.5 Å². The van der Waals surface area contributed by atoms with Crippen molar-refractivity contribution in [3.63, 3.8) is 0 Å². The van der Waals surface area contributed by atoms with E-state index in [1.807, 2.05) is 31.2 Å². The van der Waals surface area contributed by atoms with Gasteiger partial charge >= 0.3 is 0 Å². The van der Waals surface area contributed by atoms with E-state index in [0.29, 0.717) is 16.8 Å². The Kier molecular flexibility index (Phi) is 7.98. The fourth-order valence-corrected chi connectivity index (χ4v) is 4.20. The monoisotopic (exact) mass is 489 g/mol. The molecule has 10 heteroatoms. The molecule has 1 amide bonds. The number of alkyl halides is 2. The summed E-state index contributed by atoms with van der Waals surface area (Å²) in [5, 5.41) is 10.6. The van der Waals surface area contributed by atoms with Gasteiger partial charge in [-0.25, -0.2) is 22.3 Å². The number of carbonyl (C=O) groups is 1. The van der Waals surface area contributed by atoms with E-state index in [4.69, 9.17) is 9.88 Å². The molecule has 0 unspecified atom stereocenters. The molecule has 3 aromatic carbocycles. The van der Waals surface area contributed by atoms with Gasteiger partial charge in [0.25, 0.3) is 12.3 Å². The quantitative estimate of drug-likeness (QED) is 0.422. The molecule has 0 radical (unpaired) electrons. The highest BCUT2D eigenvalue weighted by molar-refractivity contribution is 7.89. The lowest BCUT2D eigenvalue weighted by Gasteiger charge is -2.15. The summed E-state index contributed by atoms with van der Waals surface area (Å²) >= 11 is 0. The summed E-state index contributed by atoms with van der Waals surface area (Å²) in [5.41, 5.74) is 4.07. The van der Waals surface area contributed by atoms with Gasteiger partial charge in [-0.05, 0) is 53.4 Å². The maximum Gasteiger partial charge on any atom is 0.255 e. The van der Waals surface area contributed by atoms with E-state index in [0.717, 1.165) is 16.7 Å². The molecule has 0 spiro atoms. The first-order chi connectivity index (χ1) is 16.1. The lowest BCUT2D eigenvalue weighted by atomic mass is 9.94. The number of anilines is 1. The zero-order chi connectivity index (χ0) is 24.9. The number of aryl methyl sites for hydroxylation is 1. The second kappa shape index (κ2) is 10.7. The Morgan fingerprint density at radius 3 is 2.44 bits per heavy atom. The largest absolute Gasteiger partial charge is 0.495 e. The second-order valence-electron chi connectivity index (χ2n) is 7.57. The van der Waals surface area contributed by atoms with Crippen LogP contribution < -0.4 is 20.5 Å². The van der Waals surface area contributed by atoms with Gasteiger partial charge in [-0.2, -0.15) is 0 Å². The highest BCUT2D eigenvalue weighted by Gasteiger charge is 2.17. The lowest BCUT2D eigenvalue weighted by molar-refractivity contribution is 0.102. The number of ether oxygens (including phenoxy) is 1. The first-order valence-electron chi connectivity index (χ1n) is 10.3. The number of hydrogen-bond acceptors (Lipinski definition) is 5. The van der Waals surface area contributed by atoms with Gasteiger partial charge in [-0.1, -0.05) is 30.3 Å². The lowest BCUT2D eigenvalue weighted by Crippen LogP contribution is -2.21. The first-order valence-corrected chi connectivity index (χ1v) is 11.8. The van der Waals surface area contributed by atoms with Crippen LogP contribution in [-0.4, -0.2) is 34.4 Å². The van der Waals surface area contributed by atoms with Gasteiger partial charge in [0.05, 0.1) is 13.7 Å². The minimum Gasteiger partial charge on any atom is -0.495 e. The summed E-state index contributed by atoms with van der Waals surface area (Å²) in [6.07, 6.45) is -2.50. The summed E-state index contributed by atoms with van der Waals surface area (Å²) in [4.78, 5) is 12.7. The number of halogens is 2. The Morgan fingerprint density at radius 1 is 1.06 bits per heavy atom. The van der Waals surface area contributed by atoms with Crippen LogP contribution in [0.25, 0.3) is 11.1 Å². The number of benzene rings is 3. The van der Waals surface area contributed by atoms with Crippen LogP contribution >= 0.6 is 0 Å². The van der Waals surface area contributed by atoms with Gasteiger partial charge in [0, 0.05) is 23.9 Å². The maximum atomic E-state index is 12.9. The van der Waals surface area contributed by atoms with E-state index in [1.54, 1.807) is 18.2 Å². The van der Waals surface area contributed by atoms with E-state index >= 15 is 0 Å². The molecule has 0 saturated heterocycles. The molecule has 180 valence electrons. The molecule has 7 nitrogen and oxygen atoms in total. The second-order valence-corrected chi connectivity index (χ2v) is 9.10. The average molecular weight is 490 g/mol. The normalized spacial score (nSPS) is 11.5. The number of hydrogen-bond donors (Lipinski definition) is 3. The number of amides is 1. The van der Waals surface area contributed by atoms with Crippen molar-refractivity contribution in [2.75, 3.05) is 19.0 Å².